The monoisotopic (exact) mass is 205 g/mol. The molecule has 0 spiro atoms. The average Bonchev–Trinajstić information content (AvgIpc) is 2.16. The molecule has 0 saturated carbocycles. The molecule has 0 bridgehead atoms. The summed E-state index contributed by atoms with van der Waals surface area (Å²) in [5.74, 6) is 0.984. The van der Waals surface area contributed by atoms with Crippen LogP contribution in [0.5, 0.6) is 0 Å². The first-order valence-corrected chi connectivity index (χ1v) is 5.43. The molecule has 1 heterocycles. The van der Waals surface area contributed by atoms with Gasteiger partial charge in [-0.1, -0.05) is 24.3 Å². The van der Waals surface area contributed by atoms with Gasteiger partial charge in [0, 0.05) is 12.1 Å². The Bertz CT molecular complexity index is 310. The van der Waals surface area contributed by atoms with Gasteiger partial charge in [0.25, 0.3) is 0 Å². The largest absolute Gasteiger partial charge is 0.498 e. The Morgan fingerprint density at radius 2 is 2.27 bits per heavy atom. The molecule has 0 aromatic rings. The summed E-state index contributed by atoms with van der Waals surface area (Å²) in [6, 6.07) is 0.229. The number of aliphatic imine (C=N–C) groups is 1. The Hall–Kier alpha value is -1.31. The van der Waals surface area contributed by atoms with E-state index in [1.807, 2.05) is 32.1 Å². The topological polar surface area (TPSA) is 21.6 Å². The van der Waals surface area contributed by atoms with E-state index in [1.54, 1.807) is 0 Å². The van der Waals surface area contributed by atoms with Crippen LogP contribution in [0.25, 0.3) is 0 Å². The van der Waals surface area contributed by atoms with Gasteiger partial charge in [-0.2, -0.15) is 0 Å². The van der Waals surface area contributed by atoms with Crippen molar-refractivity contribution < 1.29 is 4.74 Å². The van der Waals surface area contributed by atoms with Gasteiger partial charge in [-0.05, 0) is 26.8 Å². The summed E-state index contributed by atoms with van der Waals surface area (Å²) in [5.41, 5.74) is 1.02. The normalized spacial score (nSPS) is 33.1. The summed E-state index contributed by atoms with van der Waals surface area (Å²) in [6.07, 6.45) is 11.1. The smallest absolute Gasteiger partial charge is 0.101 e. The molecule has 2 heteroatoms. The zero-order valence-electron chi connectivity index (χ0n) is 9.73. The lowest BCUT2D eigenvalue weighted by Crippen LogP contribution is -2.00. The number of ether oxygens (including phenoxy) is 1. The highest BCUT2D eigenvalue weighted by atomic mass is 16.5. The second kappa shape index (κ2) is 6.23. The summed E-state index contributed by atoms with van der Waals surface area (Å²) in [7, 11) is 0. The van der Waals surface area contributed by atoms with Gasteiger partial charge >= 0.3 is 0 Å². The van der Waals surface area contributed by atoms with Crippen molar-refractivity contribution >= 4 is 5.71 Å². The van der Waals surface area contributed by atoms with Crippen LogP contribution in [0.4, 0.5) is 0 Å². The van der Waals surface area contributed by atoms with Crippen molar-refractivity contribution in [2.75, 3.05) is 6.61 Å². The van der Waals surface area contributed by atoms with Crippen molar-refractivity contribution in [1.29, 1.82) is 0 Å². The van der Waals surface area contributed by atoms with Gasteiger partial charge in [0.15, 0.2) is 0 Å². The van der Waals surface area contributed by atoms with Gasteiger partial charge in [-0.3, -0.25) is 4.99 Å². The third-order valence-corrected chi connectivity index (χ3v) is 2.06. The Kier molecular flexibility index (Phi) is 4.88. The van der Waals surface area contributed by atoms with Crippen LogP contribution in [0.2, 0.25) is 0 Å². The lowest BCUT2D eigenvalue weighted by molar-refractivity contribution is 0.225. The van der Waals surface area contributed by atoms with Crippen molar-refractivity contribution in [3.8, 4) is 0 Å². The molecule has 1 unspecified atom stereocenters. The number of allylic oxidation sites excluding steroid dienone is 4. The van der Waals surface area contributed by atoms with Gasteiger partial charge < -0.3 is 4.74 Å². The van der Waals surface area contributed by atoms with Crippen molar-refractivity contribution in [1.82, 2.24) is 0 Å². The fourth-order valence-electron chi connectivity index (χ4n) is 1.47. The van der Waals surface area contributed by atoms with Gasteiger partial charge in [0.1, 0.15) is 5.76 Å². The molecule has 0 aromatic heterocycles. The Balaban J connectivity index is 2.84. The SMILES string of the molecule is CCO/C1=C/C(C)=N\C(C)/C=C\C=C/C1. The summed E-state index contributed by atoms with van der Waals surface area (Å²) >= 11 is 0. The van der Waals surface area contributed by atoms with Crippen LogP contribution in [-0.4, -0.2) is 18.4 Å². The summed E-state index contributed by atoms with van der Waals surface area (Å²) in [5, 5.41) is 0. The zero-order valence-corrected chi connectivity index (χ0v) is 9.73. The van der Waals surface area contributed by atoms with Gasteiger partial charge in [-0.15, -0.1) is 0 Å². The standard InChI is InChI=1S/C13H19NO/c1-4-15-13-9-7-5-6-8-11(2)14-12(3)10-13/h5-8,10-11H,4,9H2,1-3H3/b7-5-,8-6-,13-10+,14-12-. The fourth-order valence-corrected chi connectivity index (χ4v) is 1.47. The second-order valence-electron chi connectivity index (χ2n) is 3.57. The molecule has 1 rings (SSSR count). The van der Waals surface area contributed by atoms with E-state index in [2.05, 4.69) is 24.1 Å². The first-order valence-electron chi connectivity index (χ1n) is 5.43. The van der Waals surface area contributed by atoms with Gasteiger partial charge in [0.05, 0.1) is 12.6 Å². The highest BCUT2D eigenvalue weighted by Crippen LogP contribution is 2.08. The van der Waals surface area contributed by atoms with Crippen LogP contribution in [0.3, 0.4) is 0 Å². The third kappa shape index (κ3) is 4.63. The predicted molar refractivity (Wildman–Crippen MR) is 65.2 cm³/mol. The molecular formula is C13H19NO. The maximum absolute atomic E-state index is 5.53. The lowest BCUT2D eigenvalue weighted by Gasteiger charge is -2.08. The van der Waals surface area contributed by atoms with Crippen molar-refractivity contribution in [3.05, 3.63) is 36.1 Å². The summed E-state index contributed by atoms with van der Waals surface area (Å²) in [4.78, 5) is 4.51. The van der Waals surface area contributed by atoms with E-state index < -0.39 is 0 Å². The number of nitrogens with zero attached hydrogens (tertiary/aromatic N) is 1. The first-order chi connectivity index (χ1) is 7.22. The van der Waals surface area contributed by atoms with Crippen LogP contribution < -0.4 is 0 Å². The predicted octanol–water partition coefficient (Wildman–Crippen LogP) is 3.27. The molecule has 0 N–H and O–H groups in total. The minimum atomic E-state index is 0.229. The van der Waals surface area contributed by atoms with E-state index in [0.717, 1.165) is 17.9 Å². The van der Waals surface area contributed by atoms with Crippen molar-refractivity contribution in [2.24, 2.45) is 4.99 Å². The molecule has 1 atom stereocenters. The molecule has 2 nitrogen and oxygen atoms in total. The Morgan fingerprint density at radius 1 is 1.47 bits per heavy atom. The average molecular weight is 205 g/mol. The molecule has 1 aliphatic heterocycles. The van der Waals surface area contributed by atoms with Gasteiger partial charge in [0.2, 0.25) is 0 Å². The number of rotatable bonds is 2. The molecule has 0 aromatic carbocycles. The molecular weight excluding hydrogens is 186 g/mol. The van der Waals surface area contributed by atoms with Crippen LogP contribution in [0.15, 0.2) is 41.1 Å². The third-order valence-electron chi connectivity index (χ3n) is 2.06. The van der Waals surface area contributed by atoms with E-state index in [1.165, 1.54) is 0 Å². The summed E-state index contributed by atoms with van der Waals surface area (Å²) < 4.78 is 5.53. The van der Waals surface area contributed by atoms with E-state index in [4.69, 9.17) is 4.74 Å². The molecule has 0 fully saturated rings. The summed E-state index contributed by atoms with van der Waals surface area (Å²) in [6.45, 7) is 6.79. The lowest BCUT2D eigenvalue weighted by atomic mass is 10.2. The van der Waals surface area contributed by atoms with E-state index in [0.29, 0.717) is 6.61 Å². The molecule has 0 aliphatic carbocycles. The minimum Gasteiger partial charge on any atom is -0.498 e. The van der Waals surface area contributed by atoms with Crippen molar-refractivity contribution in [3.63, 3.8) is 0 Å². The maximum atomic E-state index is 5.53. The second-order valence-corrected chi connectivity index (χ2v) is 3.57. The molecule has 15 heavy (non-hydrogen) atoms. The number of hydrogen-bond acceptors (Lipinski definition) is 2. The Morgan fingerprint density at radius 3 is 3.00 bits per heavy atom. The van der Waals surface area contributed by atoms with Crippen LogP contribution in [0, 0.1) is 0 Å². The molecule has 0 saturated heterocycles. The zero-order chi connectivity index (χ0) is 11.1. The molecule has 82 valence electrons. The Labute approximate surface area is 92.1 Å². The van der Waals surface area contributed by atoms with Crippen LogP contribution >= 0.6 is 0 Å². The quantitative estimate of drug-likeness (QED) is 0.678. The van der Waals surface area contributed by atoms with Crippen LogP contribution in [-0.2, 0) is 4.74 Å². The first kappa shape index (κ1) is 11.8. The molecule has 1 aliphatic rings. The highest BCUT2D eigenvalue weighted by molar-refractivity contribution is 5.93. The molecule has 0 amide bonds. The van der Waals surface area contributed by atoms with Crippen LogP contribution in [0.1, 0.15) is 27.2 Å². The van der Waals surface area contributed by atoms with E-state index in [-0.39, 0.29) is 6.04 Å². The van der Waals surface area contributed by atoms with Crippen molar-refractivity contribution in [2.45, 2.75) is 33.2 Å². The minimum absolute atomic E-state index is 0.229. The maximum Gasteiger partial charge on any atom is 0.101 e. The number of hydrogen-bond donors (Lipinski definition) is 0. The van der Waals surface area contributed by atoms with Gasteiger partial charge in [-0.25, -0.2) is 0 Å². The fraction of sp³-hybridized carbons (Fsp3) is 0.462. The molecule has 0 radical (unpaired) electrons. The van der Waals surface area contributed by atoms with E-state index >= 15 is 0 Å². The highest BCUT2D eigenvalue weighted by Gasteiger charge is 1.99. The van der Waals surface area contributed by atoms with E-state index in [9.17, 15) is 0 Å².